The third-order valence-corrected chi connectivity index (χ3v) is 2.17. The van der Waals surface area contributed by atoms with Gasteiger partial charge in [0.25, 0.3) is 0 Å². The summed E-state index contributed by atoms with van der Waals surface area (Å²) in [6.45, 7) is 2.08. The molecule has 0 saturated heterocycles. The highest BCUT2D eigenvalue weighted by molar-refractivity contribution is 6.31. The van der Waals surface area contributed by atoms with Gasteiger partial charge in [0.2, 0.25) is 0 Å². The van der Waals surface area contributed by atoms with E-state index in [0.717, 1.165) is 0 Å². The van der Waals surface area contributed by atoms with E-state index >= 15 is 0 Å². The molecule has 0 saturated carbocycles. The van der Waals surface area contributed by atoms with Gasteiger partial charge in [-0.3, -0.25) is 4.79 Å². The quantitative estimate of drug-likeness (QED) is 0.596. The summed E-state index contributed by atoms with van der Waals surface area (Å²) < 4.78 is 4.73. The molecule has 0 aromatic heterocycles. The molecule has 0 amide bonds. The lowest BCUT2D eigenvalue weighted by Gasteiger charge is -1.96. The minimum Gasteiger partial charge on any atom is -0.465 e. The molecule has 0 heterocycles. The highest BCUT2D eigenvalue weighted by Gasteiger charge is 1.99. The van der Waals surface area contributed by atoms with Crippen molar-refractivity contribution in [2.24, 2.45) is 0 Å². The van der Waals surface area contributed by atoms with Crippen molar-refractivity contribution in [1.82, 2.24) is 0 Å². The van der Waals surface area contributed by atoms with Gasteiger partial charge in [-0.15, -0.1) is 0 Å². The number of hydrogen-bond acceptors (Lipinski definition) is 3. The first-order valence-corrected chi connectivity index (χ1v) is 5.39. The number of nitrogens with zero attached hydrogens (tertiary/aromatic N) is 1. The second-order valence-corrected chi connectivity index (χ2v) is 3.50. The molecule has 0 atom stereocenters. The minimum absolute atomic E-state index is 0.0319. The van der Waals surface area contributed by atoms with E-state index in [4.69, 9.17) is 21.6 Å². The molecule has 0 radical (unpaired) electrons. The Morgan fingerprint density at radius 2 is 2.29 bits per heavy atom. The maximum atomic E-state index is 11.0. The van der Waals surface area contributed by atoms with Crippen LogP contribution in [0.15, 0.2) is 18.2 Å². The number of benzene rings is 1. The van der Waals surface area contributed by atoms with E-state index in [0.29, 0.717) is 22.8 Å². The zero-order chi connectivity index (χ0) is 12.7. The van der Waals surface area contributed by atoms with E-state index in [1.165, 1.54) is 6.07 Å². The van der Waals surface area contributed by atoms with E-state index in [1.807, 2.05) is 6.07 Å². The van der Waals surface area contributed by atoms with Gasteiger partial charge in [-0.05, 0) is 25.1 Å². The fourth-order valence-corrected chi connectivity index (χ4v) is 1.34. The Hall–Kier alpha value is -1.97. The third kappa shape index (κ3) is 4.18. The molecule has 0 aliphatic rings. The van der Waals surface area contributed by atoms with Crippen LogP contribution in [0.2, 0.25) is 5.02 Å². The fraction of sp³-hybridized carbons (Fsp3) is 0.231. The molecule has 86 valence electrons. The van der Waals surface area contributed by atoms with Crippen LogP contribution in [0.3, 0.4) is 0 Å². The molecular formula is C13H10ClNO2. The highest BCUT2D eigenvalue weighted by atomic mass is 35.5. The molecule has 0 spiro atoms. The summed E-state index contributed by atoms with van der Waals surface area (Å²) in [6.07, 6.45) is 0.0319. The summed E-state index contributed by atoms with van der Waals surface area (Å²) in [5.74, 6) is 5.08. The van der Waals surface area contributed by atoms with Crippen molar-refractivity contribution in [3.63, 3.8) is 0 Å². The molecule has 0 aliphatic heterocycles. The van der Waals surface area contributed by atoms with Crippen LogP contribution < -0.4 is 0 Å². The summed E-state index contributed by atoms with van der Waals surface area (Å²) in [7, 11) is 0. The zero-order valence-corrected chi connectivity index (χ0v) is 10.0. The number of ether oxygens (including phenoxy) is 1. The monoisotopic (exact) mass is 247 g/mol. The van der Waals surface area contributed by atoms with Gasteiger partial charge in [-0.2, -0.15) is 5.26 Å². The average Bonchev–Trinajstić information content (AvgIpc) is 2.31. The Labute approximate surface area is 105 Å². The van der Waals surface area contributed by atoms with Crippen LogP contribution in [0.1, 0.15) is 24.5 Å². The molecule has 0 aliphatic carbocycles. The predicted molar refractivity (Wildman–Crippen MR) is 64.3 cm³/mol. The normalized spacial score (nSPS) is 8.76. The molecule has 1 rings (SSSR count). The van der Waals surface area contributed by atoms with Crippen molar-refractivity contribution in [3.05, 3.63) is 34.3 Å². The maximum absolute atomic E-state index is 11.0. The van der Waals surface area contributed by atoms with Crippen LogP contribution >= 0.6 is 11.6 Å². The molecule has 0 bridgehead atoms. The Kier molecular flexibility index (Phi) is 5.07. The van der Waals surface area contributed by atoms with Crippen molar-refractivity contribution >= 4 is 17.6 Å². The lowest BCUT2D eigenvalue weighted by Crippen LogP contribution is -2.01. The third-order valence-electron chi connectivity index (χ3n) is 1.86. The van der Waals surface area contributed by atoms with Crippen LogP contribution in [0.25, 0.3) is 0 Å². The standard InChI is InChI=1S/C13H10ClNO2/c1-2-17-13(16)5-3-4-11-7-6-10(9-15)8-12(11)14/h6-8H,2,5H2,1H3. The molecule has 1 aromatic carbocycles. The number of esters is 1. The molecule has 3 nitrogen and oxygen atoms in total. The van der Waals surface area contributed by atoms with Crippen molar-refractivity contribution in [1.29, 1.82) is 5.26 Å². The first-order chi connectivity index (χ1) is 8.17. The van der Waals surface area contributed by atoms with Gasteiger partial charge in [0, 0.05) is 5.56 Å². The van der Waals surface area contributed by atoms with Gasteiger partial charge in [0.1, 0.15) is 6.42 Å². The Bertz CT molecular complexity index is 520. The topological polar surface area (TPSA) is 50.1 Å². The summed E-state index contributed by atoms with van der Waals surface area (Å²) in [6, 6.07) is 6.79. The average molecular weight is 248 g/mol. The lowest BCUT2D eigenvalue weighted by molar-refractivity contribution is -0.141. The highest BCUT2D eigenvalue weighted by Crippen LogP contribution is 2.16. The number of halogens is 1. The van der Waals surface area contributed by atoms with Crippen LogP contribution in [0.4, 0.5) is 0 Å². The summed E-state index contributed by atoms with van der Waals surface area (Å²) in [4.78, 5) is 11.0. The van der Waals surface area contributed by atoms with Gasteiger partial charge in [0.15, 0.2) is 0 Å². The van der Waals surface area contributed by atoms with Gasteiger partial charge < -0.3 is 4.74 Å². The number of hydrogen-bond donors (Lipinski definition) is 0. The van der Waals surface area contributed by atoms with Gasteiger partial charge in [0.05, 0.1) is 23.3 Å². The van der Waals surface area contributed by atoms with Crippen molar-refractivity contribution in [3.8, 4) is 17.9 Å². The van der Waals surface area contributed by atoms with E-state index in [2.05, 4.69) is 11.8 Å². The second kappa shape index (κ2) is 6.58. The smallest absolute Gasteiger partial charge is 0.317 e. The lowest BCUT2D eigenvalue weighted by atomic mass is 10.1. The molecule has 0 unspecified atom stereocenters. The van der Waals surface area contributed by atoms with Crippen LogP contribution in [-0.4, -0.2) is 12.6 Å². The molecule has 17 heavy (non-hydrogen) atoms. The maximum Gasteiger partial charge on any atom is 0.317 e. The van der Waals surface area contributed by atoms with Gasteiger partial charge in [-0.25, -0.2) is 0 Å². The van der Waals surface area contributed by atoms with E-state index in [1.54, 1.807) is 19.1 Å². The SMILES string of the molecule is CCOC(=O)CC#Cc1ccc(C#N)cc1Cl. The summed E-state index contributed by atoms with van der Waals surface area (Å²) in [5, 5.41) is 9.06. The van der Waals surface area contributed by atoms with E-state index in [-0.39, 0.29) is 12.4 Å². The largest absolute Gasteiger partial charge is 0.465 e. The van der Waals surface area contributed by atoms with Crippen molar-refractivity contribution < 1.29 is 9.53 Å². The number of rotatable bonds is 2. The first-order valence-electron chi connectivity index (χ1n) is 5.01. The molecule has 1 aromatic rings. The molecule has 0 fully saturated rings. The Morgan fingerprint density at radius 1 is 1.53 bits per heavy atom. The molecular weight excluding hydrogens is 238 g/mol. The summed E-state index contributed by atoms with van der Waals surface area (Å²) >= 11 is 5.91. The number of carbonyl (C=O) groups excluding carboxylic acids is 1. The van der Waals surface area contributed by atoms with Crippen LogP contribution in [0, 0.1) is 23.2 Å². The fourth-order valence-electron chi connectivity index (χ4n) is 1.11. The Balaban J connectivity index is 2.73. The minimum atomic E-state index is -0.357. The van der Waals surface area contributed by atoms with E-state index in [9.17, 15) is 4.79 Å². The first kappa shape index (κ1) is 13.1. The van der Waals surface area contributed by atoms with Gasteiger partial charge >= 0.3 is 5.97 Å². The summed E-state index contributed by atoms with van der Waals surface area (Å²) in [5.41, 5.74) is 1.07. The van der Waals surface area contributed by atoms with Gasteiger partial charge in [-0.1, -0.05) is 23.4 Å². The van der Waals surface area contributed by atoms with Crippen molar-refractivity contribution in [2.45, 2.75) is 13.3 Å². The number of carbonyl (C=O) groups is 1. The second-order valence-electron chi connectivity index (χ2n) is 3.09. The number of nitriles is 1. The predicted octanol–water partition coefficient (Wildman–Crippen LogP) is 2.52. The molecule has 0 N–H and O–H groups in total. The Morgan fingerprint density at radius 3 is 2.88 bits per heavy atom. The van der Waals surface area contributed by atoms with Crippen LogP contribution in [-0.2, 0) is 9.53 Å². The zero-order valence-electron chi connectivity index (χ0n) is 9.29. The van der Waals surface area contributed by atoms with Crippen LogP contribution in [0.5, 0.6) is 0 Å². The van der Waals surface area contributed by atoms with Crippen molar-refractivity contribution in [2.75, 3.05) is 6.61 Å². The molecule has 4 heteroatoms. The van der Waals surface area contributed by atoms with E-state index < -0.39 is 0 Å².